The van der Waals surface area contributed by atoms with Gasteiger partial charge in [-0.1, -0.05) is 0 Å². The van der Waals surface area contributed by atoms with Crippen molar-refractivity contribution < 1.29 is 0 Å². The van der Waals surface area contributed by atoms with Gasteiger partial charge in [0.2, 0.25) is 0 Å². The molecule has 1 aliphatic heterocycles. The highest BCUT2D eigenvalue weighted by molar-refractivity contribution is 5.47. The van der Waals surface area contributed by atoms with Crippen molar-refractivity contribution >= 4 is 5.69 Å². The van der Waals surface area contributed by atoms with E-state index in [-0.39, 0.29) is 0 Å². The van der Waals surface area contributed by atoms with Crippen LogP contribution in [0.5, 0.6) is 0 Å². The Morgan fingerprint density at radius 2 is 2.21 bits per heavy atom. The first-order chi connectivity index (χ1) is 9.22. The number of pyridine rings is 1. The second-order valence-electron chi connectivity index (χ2n) is 5.94. The summed E-state index contributed by atoms with van der Waals surface area (Å²) in [4.78, 5) is 9.37. The molecule has 0 aromatic carbocycles. The fraction of sp³-hybridized carbons (Fsp3) is 0.667. The Hall–Kier alpha value is -1.13. The van der Waals surface area contributed by atoms with Crippen molar-refractivity contribution in [2.45, 2.75) is 38.4 Å². The van der Waals surface area contributed by atoms with Crippen LogP contribution in [0, 0.1) is 0 Å². The van der Waals surface area contributed by atoms with E-state index >= 15 is 0 Å². The first kappa shape index (κ1) is 12.9. The van der Waals surface area contributed by atoms with Gasteiger partial charge in [-0.05, 0) is 38.9 Å². The van der Waals surface area contributed by atoms with Gasteiger partial charge < -0.3 is 15.1 Å². The summed E-state index contributed by atoms with van der Waals surface area (Å²) < 4.78 is 0. The number of nitrogens with zero attached hydrogens (tertiary/aromatic N) is 3. The summed E-state index contributed by atoms with van der Waals surface area (Å²) in [6.07, 6.45) is 4.60. The molecule has 3 rings (SSSR count). The third kappa shape index (κ3) is 3.25. The molecule has 1 N–H and O–H groups in total. The fourth-order valence-electron chi connectivity index (χ4n) is 2.58. The van der Waals surface area contributed by atoms with Crippen molar-refractivity contribution in [3.63, 3.8) is 0 Å². The molecule has 104 valence electrons. The monoisotopic (exact) mass is 260 g/mol. The third-order valence-corrected chi connectivity index (χ3v) is 4.27. The SMILES string of the molecule is CC1CN(c2ccnc(CNC3CC3)c2)CCN1C. The smallest absolute Gasteiger partial charge is 0.0562 e. The van der Waals surface area contributed by atoms with E-state index in [0.717, 1.165) is 37.9 Å². The predicted octanol–water partition coefficient (Wildman–Crippen LogP) is 1.47. The average molecular weight is 260 g/mol. The van der Waals surface area contributed by atoms with Crippen molar-refractivity contribution in [3.8, 4) is 0 Å². The van der Waals surface area contributed by atoms with Crippen molar-refractivity contribution in [1.29, 1.82) is 0 Å². The minimum Gasteiger partial charge on any atom is -0.369 e. The molecule has 2 fully saturated rings. The van der Waals surface area contributed by atoms with Crippen LogP contribution in [-0.2, 0) is 6.54 Å². The Bertz CT molecular complexity index is 430. The molecule has 1 atom stereocenters. The highest BCUT2D eigenvalue weighted by Gasteiger charge is 2.22. The van der Waals surface area contributed by atoms with Gasteiger partial charge in [0, 0.05) is 50.1 Å². The number of hydrogen-bond acceptors (Lipinski definition) is 4. The number of hydrogen-bond donors (Lipinski definition) is 1. The second-order valence-corrected chi connectivity index (χ2v) is 5.94. The molecule has 2 aliphatic rings. The summed E-state index contributed by atoms with van der Waals surface area (Å²) in [7, 11) is 2.21. The molecule has 1 aromatic heterocycles. The summed E-state index contributed by atoms with van der Waals surface area (Å²) >= 11 is 0. The second kappa shape index (κ2) is 5.47. The molecule has 4 nitrogen and oxygen atoms in total. The van der Waals surface area contributed by atoms with Gasteiger partial charge in [0.05, 0.1) is 5.69 Å². The van der Waals surface area contributed by atoms with Gasteiger partial charge >= 0.3 is 0 Å². The van der Waals surface area contributed by atoms with E-state index in [1.54, 1.807) is 0 Å². The van der Waals surface area contributed by atoms with Crippen LogP contribution in [0.4, 0.5) is 5.69 Å². The van der Waals surface area contributed by atoms with Crippen molar-refractivity contribution in [3.05, 3.63) is 24.0 Å². The minimum atomic E-state index is 0.620. The number of anilines is 1. The summed E-state index contributed by atoms with van der Waals surface area (Å²) in [5, 5.41) is 3.53. The van der Waals surface area contributed by atoms with Gasteiger partial charge in [-0.15, -0.1) is 0 Å². The maximum absolute atomic E-state index is 4.47. The topological polar surface area (TPSA) is 31.4 Å². The zero-order valence-electron chi connectivity index (χ0n) is 12.0. The highest BCUT2D eigenvalue weighted by Crippen LogP contribution is 2.21. The Morgan fingerprint density at radius 3 is 2.95 bits per heavy atom. The fourth-order valence-corrected chi connectivity index (χ4v) is 2.58. The van der Waals surface area contributed by atoms with Gasteiger partial charge in [0.15, 0.2) is 0 Å². The molecule has 1 saturated heterocycles. The normalized spacial score (nSPS) is 24.7. The Morgan fingerprint density at radius 1 is 1.37 bits per heavy atom. The Balaban J connectivity index is 1.64. The van der Waals surface area contributed by atoms with Crippen LogP contribution in [0.25, 0.3) is 0 Å². The van der Waals surface area contributed by atoms with Crippen LogP contribution in [0.3, 0.4) is 0 Å². The molecule has 19 heavy (non-hydrogen) atoms. The predicted molar refractivity (Wildman–Crippen MR) is 78.4 cm³/mol. The van der Waals surface area contributed by atoms with E-state index in [9.17, 15) is 0 Å². The van der Waals surface area contributed by atoms with Crippen LogP contribution in [0.15, 0.2) is 18.3 Å². The first-order valence-corrected chi connectivity index (χ1v) is 7.36. The zero-order chi connectivity index (χ0) is 13.2. The van der Waals surface area contributed by atoms with Gasteiger partial charge in [0.1, 0.15) is 0 Å². The largest absolute Gasteiger partial charge is 0.369 e. The molecule has 1 aromatic rings. The Labute approximate surface area is 115 Å². The molecular weight excluding hydrogens is 236 g/mol. The molecule has 1 unspecified atom stereocenters. The Kier molecular flexibility index (Phi) is 3.71. The maximum Gasteiger partial charge on any atom is 0.0562 e. The molecule has 0 bridgehead atoms. The number of likely N-dealkylation sites (N-methyl/N-ethyl adjacent to an activating group) is 1. The lowest BCUT2D eigenvalue weighted by atomic mass is 10.2. The molecule has 0 spiro atoms. The van der Waals surface area contributed by atoms with Gasteiger partial charge in [-0.3, -0.25) is 4.98 Å². The molecule has 0 radical (unpaired) electrons. The lowest BCUT2D eigenvalue weighted by Crippen LogP contribution is -2.50. The standard InChI is InChI=1S/C15H24N4/c1-12-11-19(8-7-18(12)2)15-5-6-16-14(9-15)10-17-13-3-4-13/h5-6,9,12-13,17H,3-4,7-8,10-11H2,1-2H3. The maximum atomic E-state index is 4.47. The van der Waals surface area contributed by atoms with Gasteiger partial charge in [-0.2, -0.15) is 0 Å². The van der Waals surface area contributed by atoms with Crippen LogP contribution >= 0.6 is 0 Å². The van der Waals surface area contributed by atoms with Crippen LogP contribution in [0.2, 0.25) is 0 Å². The quantitative estimate of drug-likeness (QED) is 0.888. The van der Waals surface area contributed by atoms with E-state index < -0.39 is 0 Å². The number of nitrogens with one attached hydrogen (secondary N) is 1. The van der Waals surface area contributed by atoms with E-state index in [4.69, 9.17) is 0 Å². The third-order valence-electron chi connectivity index (χ3n) is 4.27. The van der Waals surface area contributed by atoms with E-state index in [1.807, 2.05) is 6.20 Å². The van der Waals surface area contributed by atoms with E-state index in [2.05, 4.69) is 46.2 Å². The van der Waals surface area contributed by atoms with Crippen molar-refractivity contribution in [1.82, 2.24) is 15.2 Å². The van der Waals surface area contributed by atoms with Crippen LogP contribution in [0.1, 0.15) is 25.5 Å². The molecule has 2 heterocycles. The first-order valence-electron chi connectivity index (χ1n) is 7.36. The molecular formula is C15H24N4. The summed E-state index contributed by atoms with van der Waals surface area (Å²) in [6, 6.07) is 5.75. The van der Waals surface area contributed by atoms with Crippen molar-refractivity contribution in [2.24, 2.45) is 0 Å². The molecule has 4 heteroatoms. The number of rotatable bonds is 4. The van der Waals surface area contributed by atoms with Crippen molar-refractivity contribution in [2.75, 3.05) is 31.6 Å². The lowest BCUT2D eigenvalue weighted by Gasteiger charge is -2.39. The van der Waals surface area contributed by atoms with Gasteiger partial charge in [0.25, 0.3) is 0 Å². The molecule has 0 amide bonds. The number of aromatic nitrogens is 1. The summed E-state index contributed by atoms with van der Waals surface area (Å²) in [5.41, 5.74) is 2.48. The van der Waals surface area contributed by atoms with E-state index in [0.29, 0.717) is 6.04 Å². The van der Waals surface area contributed by atoms with E-state index in [1.165, 1.54) is 18.5 Å². The van der Waals surface area contributed by atoms with Gasteiger partial charge in [-0.25, -0.2) is 0 Å². The lowest BCUT2D eigenvalue weighted by molar-refractivity contribution is 0.234. The zero-order valence-corrected chi connectivity index (χ0v) is 12.0. The average Bonchev–Trinajstić information content (AvgIpc) is 3.24. The minimum absolute atomic E-state index is 0.620. The highest BCUT2D eigenvalue weighted by atomic mass is 15.3. The summed E-state index contributed by atoms with van der Waals surface area (Å²) in [6.45, 7) is 6.56. The molecule has 1 saturated carbocycles. The van der Waals surface area contributed by atoms with Crippen LogP contribution in [-0.4, -0.2) is 48.6 Å². The number of piperazine rings is 1. The molecule has 1 aliphatic carbocycles. The summed E-state index contributed by atoms with van der Waals surface area (Å²) in [5.74, 6) is 0. The van der Waals surface area contributed by atoms with Crippen LogP contribution < -0.4 is 10.2 Å².